The van der Waals surface area contributed by atoms with E-state index in [4.69, 9.17) is 0 Å². The summed E-state index contributed by atoms with van der Waals surface area (Å²) in [5.41, 5.74) is 5.68. The maximum atomic E-state index is 13.1. The predicted molar refractivity (Wildman–Crippen MR) is 122 cm³/mol. The normalized spacial score (nSPS) is 15.9. The minimum Gasteiger partial charge on any atom is -0.396 e. The highest BCUT2D eigenvalue weighted by molar-refractivity contribution is 6.32. The topological polar surface area (TPSA) is 87.1 Å². The highest BCUT2D eigenvalue weighted by Crippen LogP contribution is 2.45. The lowest BCUT2D eigenvalue weighted by Gasteiger charge is -2.24. The summed E-state index contributed by atoms with van der Waals surface area (Å²) >= 11 is 0. The first-order valence-electron chi connectivity index (χ1n) is 10.5. The predicted octanol–water partition coefficient (Wildman–Crippen LogP) is 4.08. The number of H-pyrrole nitrogens is 1. The molecular formula is C25H21N3O3. The molecule has 0 fully saturated rings. The van der Waals surface area contributed by atoms with E-state index in [1.54, 1.807) is 7.05 Å². The molecule has 154 valence electrons. The van der Waals surface area contributed by atoms with Gasteiger partial charge in [-0.15, -0.1) is 0 Å². The van der Waals surface area contributed by atoms with Crippen molar-refractivity contribution in [3.05, 3.63) is 59.2 Å². The maximum absolute atomic E-state index is 13.1. The number of aryl methyl sites for hydroxylation is 1. The Morgan fingerprint density at radius 3 is 2.74 bits per heavy atom. The van der Waals surface area contributed by atoms with E-state index in [9.17, 15) is 14.7 Å². The molecular weight excluding hydrogens is 390 g/mol. The molecule has 0 spiro atoms. The van der Waals surface area contributed by atoms with E-state index in [0.717, 1.165) is 68.4 Å². The summed E-state index contributed by atoms with van der Waals surface area (Å²) in [5, 5.41) is 16.1. The lowest BCUT2D eigenvalue weighted by Crippen LogP contribution is -2.20. The zero-order chi connectivity index (χ0) is 21.3. The maximum Gasteiger partial charge on any atom is 0.252 e. The number of amides is 1. The number of hydrogen-bond acceptors (Lipinski definition) is 3. The van der Waals surface area contributed by atoms with Crippen LogP contribution in [0.25, 0.3) is 43.6 Å². The van der Waals surface area contributed by atoms with Crippen molar-refractivity contribution in [1.82, 2.24) is 14.9 Å². The van der Waals surface area contributed by atoms with E-state index in [1.807, 2.05) is 36.4 Å². The van der Waals surface area contributed by atoms with Gasteiger partial charge in [0.15, 0.2) is 6.29 Å². The zero-order valence-corrected chi connectivity index (χ0v) is 17.0. The minimum atomic E-state index is -0.276. The van der Waals surface area contributed by atoms with Gasteiger partial charge in [-0.05, 0) is 18.1 Å². The van der Waals surface area contributed by atoms with Crippen LogP contribution in [0.5, 0.6) is 0 Å². The molecule has 3 aromatic carbocycles. The van der Waals surface area contributed by atoms with Crippen LogP contribution in [0.2, 0.25) is 0 Å². The summed E-state index contributed by atoms with van der Waals surface area (Å²) in [4.78, 5) is 29.1. The van der Waals surface area contributed by atoms with Crippen molar-refractivity contribution >= 4 is 55.8 Å². The van der Waals surface area contributed by atoms with Crippen molar-refractivity contribution in [3.8, 4) is 0 Å². The molecule has 0 bridgehead atoms. The average molecular weight is 411 g/mol. The van der Waals surface area contributed by atoms with Crippen LogP contribution in [0.4, 0.5) is 0 Å². The summed E-state index contributed by atoms with van der Waals surface area (Å²) in [7, 11) is 1.59. The molecule has 1 aliphatic heterocycles. The Kier molecular flexibility index (Phi) is 3.76. The van der Waals surface area contributed by atoms with Crippen molar-refractivity contribution in [2.75, 3.05) is 13.7 Å². The summed E-state index contributed by atoms with van der Waals surface area (Å²) in [6.07, 6.45) is 1.62. The Morgan fingerprint density at radius 2 is 1.97 bits per heavy atom. The fourth-order valence-corrected chi connectivity index (χ4v) is 5.47. The smallest absolute Gasteiger partial charge is 0.252 e. The third-order valence-corrected chi connectivity index (χ3v) is 6.78. The van der Waals surface area contributed by atoms with Crippen LogP contribution in [-0.2, 0) is 6.54 Å². The molecule has 6 rings (SSSR count). The second kappa shape index (κ2) is 6.43. The highest BCUT2D eigenvalue weighted by Gasteiger charge is 2.30. The number of rotatable bonds is 3. The van der Waals surface area contributed by atoms with Crippen LogP contribution >= 0.6 is 0 Å². The van der Waals surface area contributed by atoms with E-state index in [2.05, 4.69) is 20.9 Å². The third kappa shape index (κ3) is 2.20. The second-order valence-electron chi connectivity index (χ2n) is 8.19. The number of benzene rings is 3. The van der Waals surface area contributed by atoms with Gasteiger partial charge in [0.1, 0.15) is 0 Å². The fourth-order valence-electron chi connectivity index (χ4n) is 5.47. The Hall–Kier alpha value is -3.64. The van der Waals surface area contributed by atoms with Crippen LogP contribution in [-0.4, -0.2) is 40.5 Å². The first-order chi connectivity index (χ1) is 15.2. The van der Waals surface area contributed by atoms with Gasteiger partial charge in [0, 0.05) is 52.1 Å². The fraction of sp³-hybridized carbons (Fsp3) is 0.200. The Labute approximate surface area is 177 Å². The quantitative estimate of drug-likeness (QED) is 0.391. The lowest BCUT2D eigenvalue weighted by molar-refractivity contribution is 0.0959. The molecule has 6 nitrogen and oxygen atoms in total. The van der Waals surface area contributed by atoms with Crippen molar-refractivity contribution < 1.29 is 14.7 Å². The Morgan fingerprint density at radius 1 is 1.16 bits per heavy atom. The van der Waals surface area contributed by atoms with Gasteiger partial charge >= 0.3 is 0 Å². The second-order valence-corrected chi connectivity index (χ2v) is 8.19. The summed E-state index contributed by atoms with van der Waals surface area (Å²) < 4.78 is 2.25. The van der Waals surface area contributed by atoms with Gasteiger partial charge in [-0.2, -0.15) is 0 Å². The molecule has 5 aromatic rings. The molecule has 1 unspecified atom stereocenters. The van der Waals surface area contributed by atoms with Gasteiger partial charge < -0.3 is 20.0 Å². The number of aromatic amines is 1. The zero-order valence-electron chi connectivity index (χ0n) is 17.0. The minimum absolute atomic E-state index is 0.0627. The third-order valence-electron chi connectivity index (χ3n) is 6.78. The van der Waals surface area contributed by atoms with E-state index in [-0.39, 0.29) is 18.4 Å². The SMILES string of the molecule is CNC(=O)c1c(C=O)c2c3ccccc3[nH]c2c2c1c1cccc3c1n2CCC3CO. The number of para-hydroxylation sites is 2. The molecule has 0 saturated heterocycles. The number of nitrogens with zero attached hydrogens (tertiary/aromatic N) is 1. The lowest BCUT2D eigenvalue weighted by atomic mass is 9.91. The van der Waals surface area contributed by atoms with E-state index < -0.39 is 0 Å². The Balaban J connectivity index is 1.97. The summed E-state index contributed by atoms with van der Waals surface area (Å²) in [5.74, 6) is -0.214. The van der Waals surface area contributed by atoms with Gasteiger partial charge in [-0.3, -0.25) is 9.59 Å². The van der Waals surface area contributed by atoms with E-state index in [0.29, 0.717) is 11.1 Å². The van der Waals surface area contributed by atoms with Crippen LogP contribution in [0.3, 0.4) is 0 Å². The van der Waals surface area contributed by atoms with Gasteiger partial charge in [0.25, 0.3) is 5.91 Å². The number of carbonyl (C=O) groups excluding carboxylic acids is 2. The number of aldehydes is 1. The van der Waals surface area contributed by atoms with Crippen LogP contribution in [0.1, 0.15) is 38.6 Å². The summed E-state index contributed by atoms with van der Waals surface area (Å²) in [6, 6.07) is 13.9. The van der Waals surface area contributed by atoms with Crippen molar-refractivity contribution in [2.24, 2.45) is 0 Å². The van der Waals surface area contributed by atoms with Crippen molar-refractivity contribution in [1.29, 1.82) is 0 Å². The van der Waals surface area contributed by atoms with E-state index >= 15 is 0 Å². The molecule has 2 aromatic heterocycles. The van der Waals surface area contributed by atoms with Gasteiger partial charge in [0.2, 0.25) is 0 Å². The molecule has 0 saturated carbocycles. The van der Waals surface area contributed by atoms with Gasteiger partial charge in [-0.1, -0.05) is 36.4 Å². The number of fused-ring (bicyclic) bond motifs is 7. The highest BCUT2D eigenvalue weighted by atomic mass is 16.3. The number of aromatic nitrogens is 2. The molecule has 0 aliphatic carbocycles. The number of hydrogen-bond donors (Lipinski definition) is 3. The van der Waals surface area contributed by atoms with E-state index in [1.165, 1.54) is 0 Å². The van der Waals surface area contributed by atoms with Gasteiger partial charge in [-0.25, -0.2) is 0 Å². The molecule has 6 heteroatoms. The average Bonchev–Trinajstić information content (AvgIpc) is 3.35. The molecule has 3 heterocycles. The number of carbonyl (C=O) groups is 2. The van der Waals surface area contributed by atoms with Crippen LogP contribution < -0.4 is 5.32 Å². The first-order valence-corrected chi connectivity index (χ1v) is 10.5. The number of nitrogens with one attached hydrogen (secondary N) is 2. The largest absolute Gasteiger partial charge is 0.396 e. The van der Waals surface area contributed by atoms with Crippen LogP contribution in [0, 0.1) is 0 Å². The standard InChI is InChI=1S/C25H21N3O3/c1-26-25(31)21-17(12-30)19-15-5-2-3-8-18(15)27-22(19)24-20(21)16-7-4-6-14-13(11-29)9-10-28(24)23(14)16/h2-8,12-13,27,29H,9-11H2,1H3,(H,26,31). The van der Waals surface area contributed by atoms with Crippen molar-refractivity contribution in [3.63, 3.8) is 0 Å². The number of aliphatic hydroxyl groups is 1. The monoisotopic (exact) mass is 411 g/mol. The van der Waals surface area contributed by atoms with Gasteiger partial charge in [0.05, 0.1) is 28.7 Å². The summed E-state index contributed by atoms with van der Waals surface area (Å²) in [6.45, 7) is 0.824. The molecule has 1 atom stereocenters. The molecule has 1 aliphatic rings. The number of aliphatic hydroxyl groups excluding tert-OH is 1. The van der Waals surface area contributed by atoms with Crippen molar-refractivity contribution in [2.45, 2.75) is 18.9 Å². The molecule has 3 N–H and O–H groups in total. The Bertz CT molecular complexity index is 1560. The molecule has 0 radical (unpaired) electrons. The molecule has 1 amide bonds. The van der Waals surface area contributed by atoms with Crippen LogP contribution in [0.15, 0.2) is 42.5 Å². The first kappa shape index (κ1) is 18.2. The molecule has 31 heavy (non-hydrogen) atoms.